The van der Waals surface area contributed by atoms with E-state index in [0.717, 1.165) is 12.3 Å². The highest BCUT2D eigenvalue weighted by atomic mass is 19.4. The normalized spacial score (nSPS) is 11.5. The number of rotatable bonds is 2. The van der Waals surface area contributed by atoms with E-state index in [1.165, 1.54) is 18.2 Å². The fraction of sp³-hybridized carbons (Fsp3) is 0.100. The van der Waals surface area contributed by atoms with Gasteiger partial charge in [0.05, 0.1) is 11.8 Å². The predicted octanol–water partition coefficient (Wildman–Crippen LogP) is 0.641. The van der Waals surface area contributed by atoms with E-state index >= 15 is 0 Å². The standard InChI is InChI=1S/C10H8F3N3O2/c11-10(12,13)7-4-2-1-3-6(7)5-15-16-9(18)8(14)17/h1-5H,(H2,14,17)(H,16,18)/b15-5+. The van der Waals surface area contributed by atoms with Crippen molar-refractivity contribution in [2.75, 3.05) is 0 Å². The second kappa shape index (κ2) is 5.30. The van der Waals surface area contributed by atoms with E-state index in [1.54, 1.807) is 5.43 Å². The van der Waals surface area contributed by atoms with Gasteiger partial charge < -0.3 is 5.73 Å². The van der Waals surface area contributed by atoms with Crippen molar-refractivity contribution in [1.82, 2.24) is 5.43 Å². The summed E-state index contributed by atoms with van der Waals surface area (Å²) in [5.41, 5.74) is 5.17. The van der Waals surface area contributed by atoms with Gasteiger partial charge in [0.25, 0.3) is 0 Å². The lowest BCUT2D eigenvalue weighted by Gasteiger charge is -2.08. The molecule has 96 valence electrons. The number of carbonyl (C=O) groups is 2. The lowest BCUT2D eigenvalue weighted by atomic mass is 10.1. The van der Waals surface area contributed by atoms with Gasteiger partial charge in [0, 0.05) is 5.56 Å². The fourth-order valence-corrected chi connectivity index (χ4v) is 1.08. The van der Waals surface area contributed by atoms with Crippen molar-refractivity contribution >= 4 is 18.0 Å². The Kier molecular flexibility index (Phi) is 4.03. The zero-order valence-corrected chi connectivity index (χ0v) is 8.86. The van der Waals surface area contributed by atoms with E-state index in [-0.39, 0.29) is 5.56 Å². The van der Waals surface area contributed by atoms with Crippen LogP contribution < -0.4 is 11.2 Å². The topological polar surface area (TPSA) is 84.5 Å². The minimum Gasteiger partial charge on any atom is -0.361 e. The van der Waals surface area contributed by atoms with Crippen LogP contribution in [0.4, 0.5) is 13.2 Å². The molecule has 0 bridgehead atoms. The molecule has 1 aromatic carbocycles. The molecule has 0 saturated heterocycles. The molecule has 5 nitrogen and oxygen atoms in total. The van der Waals surface area contributed by atoms with Crippen LogP contribution in [0, 0.1) is 0 Å². The largest absolute Gasteiger partial charge is 0.417 e. The van der Waals surface area contributed by atoms with Crippen LogP contribution >= 0.6 is 0 Å². The van der Waals surface area contributed by atoms with Crippen LogP contribution in [0.2, 0.25) is 0 Å². The average Bonchev–Trinajstić information content (AvgIpc) is 2.28. The van der Waals surface area contributed by atoms with Gasteiger partial charge in [-0.2, -0.15) is 18.3 Å². The van der Waals surface area contributed by atoms with Crippen molar-refractivity contribution in [3.05, 3.63) is 35.4 Å². The van der Waals surface area contributed by atoms with Gasteiger partial charge in [0.2, 0.25) is 0 Å². The molecule has 0 fully saturated rings. The van der Waals surface area contributed by atoms with E-state index in [0.29, 0.717) is 0 Å². The number of nitrogens with zero attached hydrogens (tertiary/aromatic N) is 1. The van der Waals surface area contributed by atoms with Gasteiger partial charge in [-0.15, -0.1) is 0 Å². The SMILES string of the molecule is NC(=O)C(=O)N/N=C/c1ccccc1C(F)(F)F. The number of halogens is 3. The second-order valence-electron chi connectivity index (χ2n) is 3.15. The van der Waals surface area contributed by atoms with Crippen LogP contribution in [0.25, 0.3) is 0 Å². The number of hydrazone groups is 1. The monoisotopic (exact) mass is 259 g/mol. The Morgan fingerprint density at radius 3 is 2.44 bits per heavy atom. The number of benzene rings is 1. The van der Waals surface area contributed by atoms with Crippen LogP contribution in [0.3, 0.4) is 0 Å². The third-order valence-corrected chi connectivity index (χ3v) is 1.86. The Morgan fingerprint density at radius 2 is 1.89 bits per heavy atom. The number of nitrogens with two attached hydrogens (primary N) is 1. The van der Waals surface area contributed by atoms with Crippen LogP contribution in [0.15, 0.2) is 29.4 Å². The molecule has 1 rings (SSSR count). The molecular weight excluding hydrogens is 251 g/mol. The average molecular weight is 259 g/mol. The van der Waals surface area contributed by atoms with Crippen LogP contribution in [0.1, 0.15) is 11.1 Å². The van der Waals surface area contributed by atoms with E-state index < -0.39 is 23.6 Å². The van der Waals surface area contributed by atoms with Crippen LogP contribution in [-0.4, -0.2) is 18.0 Å². The molecule has 18 heavy (non-hydrogen) atoms. The summed E-state index contributed by atoms with van der Waals surface area (Å²) in [6, 6.07) is 4.65. The summed E-state index contributed by atoms with van der Waals surface area (Å²) in [5.74, 6) is -2.49. The summed E-state index contributed by atoms with van der Waals surface area (Å²) in [6.45, 7) is 0. The maximum absolute atomic E-state index is 12.5. The summed E-state index contributed by atoms with van der Waals surface area (Å²) in [5, 5.41) is 3.21. The Labute approximate surface area is 99.5 Å². The van der Waals surface area contributed by atoms with Gasteiger partial charge in [0.1, 0.15) is 0 Å². The second-order valence-corrected chi connectivity index (χ2v) is 3.15. The Balaban J connectivity index is 2.89. The molecule has 0 saturated carbocycles. The third kappa shape index (κ3) is 3.58. The van der Waals surface area contributed by atoms with E-state index in [1.807, 2.05) is 0 Å². The Bertz CT molecular complexity index is 497. The molecule has 0 aliphatic heterocycles. The van der Waals surface area contributed by atoms with E-state index in [4.69, 9.17) is 0 Å². The first-order valence-corrected chi connectivity index (χ1v) is 4.61. The Hall–Kier alpha value is -2.38. The first-order valence-electron chi connectivity index (χ1n) is 4.61. The number of hydrogen-bond donors (Lipinski definition) is 2. The molecule has 1 aromatic rings. The van der Waals surface area contributed by atoms with Crippen molar-refractivity contribution in [2.24, 2.45) is 10.8 Å². The lowest BCUT2D eigenvalue weighted by molar-refractivity contribution is -0.137. The third-order valence-electron chi connectivity index (χ3n) is 1.86. The molecular formula is C10H8F3N3O2. The molecule has 0 unspecified atom stereocenters. The molecule has 0 radical (unpaired) electrons. The van der Waals surface area contributed by atoms with E-state index in [2.05, 4.69) is 10.8 Å². The van der Waals surface area contributed by atoms with Crippen molar-refractivity contribution < 1.29 is 22.8 Å². The Morgan fingerprint density at radius 1 is 1.28 bits per heavy atom. The summed E-state index contributed by atoms with van der Waals surface area (Å²) >= 11 is 0. The van der Waals surface area contributed by atoms with E-state index in [9.17, 15) is 22.8 Å². The molecule has 0 aromatic heterocycles. The van der Waals surface area contributed by atoms with Gasteiger partial charge in [-0.05, 0) is 6.07 Å². The van der Waals surface area contributed by atoms with Crippen molar-refractivity contribution in [3.63, 3.8) is 0 Å². The summed E-state index contributed by atoms with van der Waals surface area (Å²) in [7, 11) is 0. The minimum atomic E-state index is -4.53. The molecule has 0 atom stereocenters. The van der Waals surface area contributed by atoms with Crippen molar-refractivity contribution in [2.45, 2.75) is 6.18 Å². The quantitative estimate of drug-likeness (QED) is 0.464. The smallest absolute Gasteiger partial charge is 0.361 e. The number of alkyl halides is 3. The number of nitrogens with one attached hydrogen (secondary N) is 1. The predicted molar refractivity (Wildman–Crippen MR) is 56.4 cm³/mol. The highest BCUT2D eigenvalue weighted by Gasteiger charge is 2.32. The number of carbonyl (C=O) groups excluding carboxylic acids is 2. The summed E-state index contributed by atoms with van der Waals surface area (Å²) in [4.78, 5) is 21.0. The van der Waals surface area contributed by atoms with Crippen LogP contribution in [0.5, 0.6) is 0 Å². The fourth-order valence-electron chi connectivity index (χ4n) is 1.08. The first-order chi connectivity index (χ1) is 8.32. The van der Waals surface area contributed by atoms with Gasteiger partial charge in [0.15, 0.2) is 0 Å². The molecule has 2 amide bonds. The summed E-state index contributed by atoms with van der Waals surface area (Å²) < 4.78 is 37.6. The minimum absolute atomic E-state index is 0.241. The maximum Gasteiger partial charge on any atom is 0.417 e. The first kappa shape index (κ1) is 13.7. The molecule has 0 spiro atoms. The van der Waals surface area contributed by atoms with Crippen molar-refractivity contribution in [1.29, 1.82) is 0 Å². The molecule has 8 heteroatoms. The number of primary amides is 1. The zero-order chi connectivity index (χ0) is 13.8. The van der Waals surface area contributed by atoms with Crippen molar-refractivity contribution in [3.8, 4) is 0 Å². The van der Waals surface area contributed by atoms with Gasteiger partial charge >= 0.3 is 18.0 Å². The highest BCUT2D eigenvalue weighted by Crippen LogP contribution is 2.30. The number of amides is 2. The van der Waals surface area contributed by atoms with Crippen LogP contribution in [-0.2, 0) is 15.8 Å². The number of hydrogen-bond acceptors (Lipinski definition) is 3. The highest BCUT2D eigenvalue weighted by molar-refractivity contribution is 6.34. The lowest BCUT2D eigenvalue weighted by Crippen LogP contribution is -2.32. The van der Waals surface area contributed by atoms with Gasteiger partial charge in [-0.25, -0.2) is 5.43 Å². The molecule has 0 aliphatic rings. The van der Waals surface area contributed by atoms with Gasteiger partial charge in [-0.1, -0.05) is 18.2 Å². The van der Waals surface area contributed by atoms with Gasteiger partial charge in [-0.3, -0.25) is 9.59 Å². The molecule has 0 aliphatic carbocycles. The summed E-state index contributed by atoms with van der Waals surface area (Å²) in [6.07, 6.45) is -3.75. The molecule has 3 N–H and O–H groups in total. The zero-order valence-electron chi connectivity index (χ0n) is 8.86. The maximum atomic E-state index is 12.5. The molecule has 0 heterocycles.